The summed E-state index contributed by atoms with van der Waals surface area (Å²) in [4.78, 5) is 18.7. The Morgan fingerprint density at radius 1 is 1.11 bits per heavy atom. The van der Waals surface area contributed by atoms with Gasteiger partial charge in [0.1, 0.15) is 12.4 Å². The zero-order valence-electron chi connectivity index (χ0n) is 11.3. The minimum absolute atomic E-state index is 0.296. The topological polar surface area (TPSA) is 52.1 Å². The molecule has 0 atom stereocenters. The minimum atomic E-state index is 0.296. The Labute approximate surface area is 112 Å². The number of rotatable bonds is 4. The summed E-state index contributed by atoms with van der Waals surface area (Å²) in [6.45, 7) is 6.40. The highest BCUT2D eigenvalue weighted by molar-refractivity contribution is 5.73. The molecule has 0 aliphatic heterocycles. The van der Waals surface area contributed by atoms with Gasteiger partial charge < -0.3 is 4.74 Å². The number of ether oxygens (including phenoxy) is 1. The van der Waals surface area contributed by atoms with Crippen molar-refractivity contribution in [2.75, 3.05) is 0 Å². The van der Waals surface area contributed by atoms with Crippen molar-refractivity contribution in [3.05, 3.63) is 52.6 Å². The number of aldehydes is 1. The van der Waals surface area contributed by atoms with Crippen molar-refractivity contribution in [2.24, 2.45) is 0 Å². The molecule has 0 unspecified atom stereocenters. The van der Waals surface area contributed by atoms with Gasteiger partial charge in [-0.2, -0.15) is 0 Å². The summed E-state index contributed by atoms with van der Waals surface area (Å²) in [5.41, 5.74) is 3.88. The predicted octanol–water partition coefficient (Wildman–Crippen LogP) is 2.79. The third-order valence-corrected chi connectivity index (χ3v) is 2.81. The van der Waals surface area contributed by atoms with Crippen molar-refractivity contribution < 1.29 is 9.53 Å². The van der Waals surface area contributed by atoms with E-state index in [-0.39, 0.29) is 0 Å². The van der Waals surface area contributed by atoms with E-state index < -0.39 is 0 Å². The smallest absolute Gasteiger partial charge is 0.166 e. The molecular weight excluding hydrogens is 240 g/mol. The van der Waals surface area contributed by atoms with Crippen LogP contribution in [0.2, 0.25) is 0 Å². The van der Waals surface area contributed by atoms with Crippen LogP contribution in [0.5, 0.6) is 5.75 Å². The first kappa shape index (κ1) is 13.2. The van der Waals surface area contributed by atoms with Crippen LogP contribution >= 0.6 is 0 Å². The molecule has 4 nitrogen and oxygen atoms in total. The zero-order valence-corrected chi connectivity index (χ0v) is 11.3. The average molecular weight is 256 g/mol. The van der Waals surface area contributed by atoms with Crippen molar-refractivity contribution in [1.29, 1.82) is 0 Å². The summed E-state index contributed by atoms with van der Waals surface area (Å²) >= 11 is 0. The number of carbonyl (C=O) groups excluding carboxylic acids is 1. The first-order valence-corrected chi connectivity index (χ1v) is 6.07. The van der Waals surface area contributed by atoms with E-state index in [2.05, 4.69) is 29.0 Å². The zero-order chi connectivity index (χ0) is 13.8. The Bertz CT molecular complexity index is 569. The molecule has 0 saturated carbocycles. The third-order valence-electron chi connectivity index (χ3n) is 2.81. The standard InChI is InChI=1S/C15H16N2O2/c1-10-4-11(2)15(12(3)5-10)19-9-14-16-6-13(8-18)7-17-14/h4-8H,9H2,1-3H3. The number of nitrogens with zero attached hydrogens (tertiary/aromatic N) is 2. The molecule has 0 radical (unpaired) electrons. The van der Waals surface area contributed by atoms with Crippen LogP contribution in [0.25, 0.3) is 0 Å². The quantitative estimate of drug-likeness (QED) is 0.789. The number of hydrogen-bond acceptors (Lipinski definition) is 4. The second-order valence-electron chi connectivity index (χ2n) is 4.57. The Balaban J connectivity index is 2.12. The lowest BCUT2D eigenvalue weighted by Gasteiger charge is -2.12. The van der Waals surface area contributed by atoms with Crippen molar-refractivity contribution in [1.82, 2.24) is 9.97 Å². The molecule has 0 aliphatic carbocycles. The highest BCUT2D eigenvalue weighted by atomic mass is 16.5. The van der Waals surface area contributed by atoms with E-state index in [9.17, 15) is 4.79 Å². The van der Waals surface area contributed by atoms with Crippen LogP contribution in [0, 0.1) is 20.8 Å². The van der Waals surface area contributed by atoms with Crippen LogP contribution in [0.1, 0.15) is 32.9 Å². The number of hydrogen-bond donors (Lipinski definition) is 0. The van der Waals surface area contributed by atoms with E-state index in [0.29, 0.717) is 18.0 Å². The molecule has 2 aromatic rings. The Kier molecular flexibility index (Phi) is 3.90. The monoisotopic (exact) mass is 256 g/mol. The molecular formula is C15H16N2O2. The number of aromatic nitrogens is 2. The number of benzene rings is 1. The van der Waals surface area contributed by atoms with Crippen LogP contribution in [-0.4, -0.2) is 16.3 Å². The highest BCUT2D eigenvalue weighted by Crippen LogP contribution is 2.25. The molecule has 0 fully saturated rings. The van der Waals surface area contributed by atoms with Crippen LogP contribution in [0.15, 0.2) is 24.5 Å². The fourth-order valence-corrected chi connectivity index (χ4v) is 2.03. The number of carbonyl (C=O) groups is 1. The SMILES string of the molecule is Cc1cc(C)c(OCc2ncc(C=O)cn2)c(C)c1. The van der Waals surface area contributed by atoms with E-state index in [0.717, 1.165) is 23.2 Å². The molecule has 1 aromatic heterocycles. The maximum Gasteiger partial charge on any atom is 0.166 e. The van der Waals surface area contributed by atoms with E-state index in [1.165, 1.54) is 18.0 Å². The van der Waals surface area contributed by atoms with E-state index in [4.69, 9.17) is 4.74 Å². The van der Waals surface area contributed by atoms with Gasteiger partial charge in [0.25, 0.3) is 0 Å². The molecule has 0 amide bonds. The minimum Gasteiger partial charge on any atom is -0.485 e. The lowest BCUT2D eigenvalue weighted by molar-refractivity contribution is 0.112. The molecule has 4 heteroatoms. The maximum absolute atomic E-state index is 10.5. The van der Waals surface area contributed by atoms with Gasteiger partial charge in [-0.05, 0) is 31.9 Å². The lowest BCUT2D eigenvalue weighted by Crippen LogP contribution is -2.04. The molecule has 98 valence electrons. The fourth-order valence-electron chi connectivity index (χ4n) is 2.03. The van der Waals surface area contributed by atoms with Crippen LogP contribution in [-0.2, 0) is 6.61 Å². The highest BCUT2D eigenvalue weighted by Gasteiger charge is 2.06. The molecule has 19 heavy (non-hydrogen) atoms. The molecule has 0 N–H and O–H groups in total. The predicted molar refractivity (Wildman–Crippen MR) is 72.4 cm³/mol. The molecule has 0 bridgehead atoms. The van der Waals surface area contributed by atoms with Gasteiger partial charge in [0.2, 0.25) is 0 Å². The number of aryl methyl sites for hydroxylation is 3. The van der Waals surface area contributed by atoms with Gasteiger partial charge in [0.05, 0.1) is 5.56 Å². The summed E-state index contributed by atoms with van der Waals surface area (Å²) in [6, 6.07) is 4.16. The lowest BCUT2D eigenvalue weighted by atomic mass is 10.1. The van der Waals surface area contributed by atoms with Gasteiger partial charge in [0, 0.05) is 12.4 Å². The summed E-state index contributed by atoms with van der Waals surface area (Å²) in [6.07, 6.45) is 3.71. The molecule has 2 rings (SSSR count). The summed E-state index contributed by atoms with van der Waals surface area (Å²) in [7, 11) is 0. The van der Waals surface area contributed by atoms with E-state index >= 15 is 0 Å². The fraction of sp³-hybridized carbons (Fsp3) is 0.267. The summed E-state index contributed by atoms with van der Waals surface area (Å²) in [5.74, 6) is 1.43. The van der Waals surface area contributed by atoms with Crippen molar-refractivity contribution in [2.45, 2.75) is 27.4 Å². The van der Waals surface area contributed by atoms with Gasteiger partial charge in [0.15, 0.2) is 12.1 Å². The van der Waals surface area contributed by atoms with Gasteiger partial charge >= 0.3 is 0 Å². The molecule has 1 aromatic carbocycles. The third kappa shape index (κ3) is 3.16. The van der Waals surface area contributed by atoms with Crippen molar-refractivity contribution in [3.63, 3.8) is 0 Å². The van der Waals surface area contributed by atoms with Crippen molar-refractivity contribution in [3.8, 4) is 5.75 Å². The second kappa shape index (κ2) is 5.61. The maximum atomic E-state index is 10.5. The second-order valence-corrected chi connectivity index (χ2v) is 4.57. The van der Waals surface area contributed by atoms with Gasteiger partial charge in [-0.25, -0.2) is 9.97 Å². The Morgan fingerprint density at radius 2 is 1.68 bits per heavy atom. The summed E-state index contributed by atoms with van der Waals surface area (Å²) in [5, 5.41) is 0. The largest absolute Gasteiger partial charge is 0.485 e. The molecule has 0 spiro atoms. The van der Waals surface area contributed by atoms with Gasteiger partial charge in [-0.3, -0.25) is 4.79 Å². The van der Waals surface area contributed by atoms with E-state index in [1.807, 2.05) is 13.8 Å². The average Bonchev–Trinajstić information content (AvgIpc) is 2.38. The normalized spacial score (nSPS) is 10.3. The van der Waals surface area contributed by atoms with Gasteiger partial charge in [-0.15, -0.1) is 0 Å². The van der Waals surface area contributed by atoms with Crippen LogP contribution < -0.4 is 4.74 Å². The van der Waals surface area contributed by atoms with Gasteiger partial charge in [-0.1, -0.05) is 17.7 Å². The Hall–Kier alpha value is -2.23. The van der Waals surface area contributed by atoms with Crippen LogP contribution in [0.3, 0.4) is 0 Å². The first-order valence-electron chi connectivity index (χ1n) is 6.07. The first-order chi connectivity index (χ1) is 9.10. The van der Waals surface area contributed by atoms with Crippen LogP contribution in [0.4, 0.5) is 0 Å². The molecule has 0 saturated heterocycles. The molecule has 0 aliphatic rings. The molecule has 1 heterocycles. The van der Waals surface area contributed by atoms with E-state index in [1.54, 1.807) is 0 Å². The van der Waals surface area contributed by atoms with Crippen molar-refractivity contribution >= 4 is 6.29 Å². The summed E-state index contributed by atoms with van der Waals surface area (Å²) < 4.78 is 5.77. The Morgan fingerprint density at radius 3 is 2.21 bits per heavy atom.